The van der Waals surface area contributed by atoms with Crippen LogP contribution in [0, 0.1) is 10.8 Å². The fraction of sp³-hybridized carbons (Fsp3) is 0.733. The van der Waals surface area contributed by atoms with Crippen molar-refractivity contribution in [3.63, 3.8) is 0 Å². The predicted octanol–water partition coefficient (Wildman–Crippen LogP) is 0.829. The average molecular weight is 314 g/mol. The molecule has 126 valence electrons. The first kappa shape index (κ1) is 20.2. The molecular weight excluding hydrogens is 288 g/mol. The van der Waals surface area contributed by atoms with Crippen LogP contribution in [-0.2, 0) is 19.1 Å². The molecule has 7 nitrogen and oxygen atoms in total. The topological polar surface area (TPSA) is 117 Å². The van der Waals surface area contributed by atoms with Gasteiger partial charge in [0, 0.05) is 6.42 Å². The van der Waals surface area contributed by atoms with Crippen LogP contribution < -0.4 is 5.32 Å². The second kappa shape index (κ2) is 8.63. The molecule has 7 heteroatoms. The van der Waals surface area contributed by atoms with E-state index < -0.39 is 35.2 Å². The fourth-order valence-corrected chi connectivity index (χ4v) is 1.57. The number of rotatable bonds is 8. The number of aliphatic hydroxyl groups is 1. The van der Waals surface area contributed by atoms with Crippen molar-refractivity contribution in [3.8, 4) is 0 Å². The van der Waals surface area contributed by atoms with Crippen molar-refractivity contribution in [3.05, 3.63) is 0 Å². The standard InChI is InChI=1S/C15H26N2O5/c1-9(2)22-14(21)11(7-6-10(18)8-16)17-13(20)12(19)15(3,4)5/h8-9,11-12,16,19H,6-7H2,1-5H3,(H,17,20)/t11-,12+/m0/s1. The molecule has 0 aliphatic carbocycles. The van der Waals surface area contributed by atoms with E-state index in [-0.39, 0.29) is 18.9 Å². The molecule has 0 bridgehead atoms. The third-order valence-electron chi connectivity index (χ3n) is 2.86. The van der Waals surface area contributed by atoms with Gasteiger partial charge in [0.05, 0.1) is 12.3 Å². The number of esters is 1. The molecule has 0 aliphatic rings. The summed E-state index contributed by atoms with van der Waals surface area (Å²) in [4.78, 5) is 35.2. The van der Waals surface area contributed by atoms with E-state index in [4.69, 9.17) is 10.1 Å². The zero-order chi connectivity index (χ0) is 17.5. The first-order chi connectivity index (χ1) is 9.98. The zero-order valence-corrected chi connectivity index (χ0v) is 13.8. The highest BCUT2D eigenvalue weighted by atomic mass is 16.5. The lowest BCUT2D eigenvalue weighted by atomic mass is 9.88. The summed E-state index contributed by atoms with van der Waals surface area (Å²) in [5.74, 6) is -1.81. The SMILES string of the molecule is CC(C)OC(=O)[C@H](CCC(=O)C=N)NC(=O)[C@@H](O)C(C)(C)C. The third kappa shape index (κ3) is 7.31. The van der Waals surface area contributed by atoms with Crippen LogP contribution in [0.15, 0.2) is 0 Å². The quantitative estimate of drug-likeness (QED) is 0.453. The summed E-state index contributed by atoms with van der Waals surface area (Å²) >= 11 is 0. The van der Waals surface area contributed by atoms with Gasteiger partial charge in [-0.3, -0.25) is 9.59 Å². The van der Waals surface area contributed by atoms with E-state index in [1.807, 2.05) is 0 Å². The number of Topliss-reactive ketones (excluding diaryl/α,β-unsaturated/α-hetero) is 1. The lowest BCUT2D eigenvalue weighted by Crippen LogP contribution is -2.50. The monoisotopic (exact) mass is 314 g/mol. The maximum atomic E-state index is 12.0. The summed E-state index contributed by atoms with van der Waals surface area (Å²) in [6.07, 6.45) is -1.04. The van der Waals surface area contributed by atoms with Gasteiger partial charge in [0.25, 0.3) is 0 Å². The predicted molar refractivity (Wildman–Crippen MR) is 81.6 cm³/mol. The van der Waals surface area contributed by atoms with Crippen molar-refractivity contribution >= 4 is 23.9 Å². The average Bonchev–Trinajstić information content (AvgIpc) is 2.39. The molecule has 0 heterocycles. The molecular formula is C15H26N2O5. The molecule has 0 saturated carbocycles. The molecule has 0 unspecified atom stereocenters. The van der Waals surface area contributed by atoms with E-state index in [1.54, 1.807) is 34.6 Å². The Bertz CT molecular complexity index is 426. The Kier molecular flexibility index (Phi) is 7.94. The molecule has 0 spiro atoms. The number of ketones is 1. The Hall–Kier alpha value is -1.76. The molecule has 0 aromatic heterocycles. The van der Waals surface area contributed by atoms with Gasteiger partial charge in [-0.25, -0.2) is 4.79 Å². The van der Waals surface area contributed by atoms with Crippen LogP contribution in [0.5, 0.6) is 0 Å². The summed E-state index contributed by atoms with van der Waals surface area (Å²) in [7, 11) is 0. The Labute approximate surface area is 130 Å². The summed E-state index contributed by atoms with van der Waals surface area (Å²) in [5, 5.41) is 19.2. The van der Waals surface area contributed by atoms with E-state index in [0.717, 1.165) is 0 Å². The Balaban J connectivity index is 4.91. The van der Waals surface area contributed by atoms with E-state index in [9.17, 15) is 19.5 Å². The van der Waals surface area contributed by atoms with Crippen LogP contribution in [0.3, 0.4) is 0 Å². The van der Waals surface area contributed by atoms with Gasteiger partial charge in [-0.1, -0.05) is 20.8 Å². The fourth-order valence-electron chi connectivity index (χ4n) is 1.57. The summed E-state index contributed by atoms with van der Waals surface area (Å²) in [6.45, 7) is 8.42. The summed E-state index contributed by atoms with van der Waals surface area (Å²) in [6, 6.07) is -1.03. The summed E-state index contributed by atoms with van der Waals surface area (Å²) < 4.78 is 5.04. The van der Waals surface area contributed by atoms with Crippen LogP contribution in [-0.4, -0.2) is 47.2 Å². The highest BCUT2D eigenvalue weighted by Gasteiger charge is 2.32. The van der Waals surface area contributed by atoms with Gasteiger partial charge in [-0.2, -0.15) is 0 Å². The number of carbonyl (C=O) groups excluding carboxylic acids is 3. The third-order valence-corrected chi connectivity index (χ3v) is 2.86. The molecule has 0 fully saturated rings. The van der Waals surface area contributed by atoms with Crippen molar-refractivity contribution in [2.45, 2.75) is 65.7 Å². The highest BCUT2D eigenvalue weighted by molar-refractivity contribution is 6.26. The first-order valence-electron chi connectivity index (χ1n) is 7.21. The summed E-state index contributed by atoms with van der Waals surface area (Å²) in [5.41, 5.74) is -0.679. The molecule has 2 atom stereocenters. The lowest BCUT2D eigenvalue weighted by Gasteiger charge is -2.27. The first-order valence-corrected chi connectivity index (χ1v) is 7.21. The van der Waals surface area contributed by atoms with E-state index >= 15 is 0 Å². The van der Waals surface area contributed by atoms with Crippen LogP contribution in [0.2, 0.25) is 0 Å². The van der Waals surface area contributed by atoms with Gasteiger partial charge in [-0.15, -0.1) is 0 Å². The van der Waals surface area contributed by atoms with Gasteiger partial charge < -0.3 is 20.6 Å². The molecule has 0 rings (SSSR count). The highest BCUT2D eigenvalue weighted by Crippen LogP contribution is 2.19. The number of amides is 1. The molecule has 1 amide bonds. The minimum atomic E-state index is -1.29. The number of hydrogen-bond acceptors (Lipinski definition) is 6. The normalized spacial score (nSPS) is 14.1. The Morgan fingerprint density at radius 3 is 2.23 bits per heavy atom. The Morgan fingerprint density at radius 1 is 1.27 bits per heavy atom. The molecule has 0 aliphatic heterocycles. The molecule has 22 heavy (non-hydrogen) atoms. The van der Waals surface area contributed by atoms with Crippen LogP contribution in [0.25, 0.3) is 0 Å². The maximum absolute atomic E-state index is 12.0. The lowest BCUT2D eigenvalue weighted by molar-refractivity contribution is -0.153. The minimum absolute atomic E-state index is 0.0162. The number of hydrogen-bond donors (Lipinski definition) is 3. The van der Waals surface area contributed by atoms with Crippen molar-refractivity contribution in [2.75, 3.05) is 0 Å². The molecule has 3 N–H and O–H groups in total. The number of ether oxygens (including phenoxy) is 1. The van der Waals surface area contributed by atoms with E-state index in [0.29, 0.717) is 6.21 Å². The van der Waals surface area contributed by atoms with Crippen LogP contribution in [0.4, 0.5) is 0 Å². The van der Waals surface area contributed by atoms with Crippen molar-refractivity contribution in [1.82, 2.24) is 5.32 Å². The molecule has 0 aromatic carbocycles. The number of nitrogens with one attached hydrogen (secondary N) is 2. The van der Waals surface area contributed by atoms with Gasteiger partial charge in [-0.05, 0) is 25.7 Å². The second-order valence-electron chi connectivity index (χ2n) is 6.46. The van der Waals surface area contributed by atoms with Crippen molar-refractivity contribution in [2.24, 2.45) is 5.41 Å². The van der Waals surface area contributed by atoms with Gasteiger partial charge in [0.15, 0.2) is 5.78 Å². The van der Waals surface area contributed by atoms with Gasteiger partial charge >= 0.3 is 5.97 Å². The van der Waals surface area contributed by atoms with Gasteiger partial charge in [0.1, 0.15) is 12.1 Å². The van der Waals surface area contributed by atoms with E-state index in [1.165, 1.54) is 0 Å². The van der Waals surface area contributed by atoms with Crippen LogP contribution in [0.1, 0.15) is 47.5 Å². The smallest absolute Gasteiger partial charge is 0.328 e. The minimum Gasteiger partial charge on any atom is -0.461 e. The molecule has 0 saturated heterocycles. The number of aliphatic hydroxyl groups excluding tert-OH is 1. The van der Waals surface area contributed by atoms with Gasteiger partial charge in [0.2, 0.25) is 5.91 Å². The maximum Gasteiger partial charge on any atom is 0.328 e. The van der Waals surface area contributed by atoms with E-state index in [2.05, 4.69) is 5.32 Å². The van der Waals surface area contributed by atoms with Crippen LogP contribution >= 0.6 is 0 Å². The molecule has 0 aromatic rings. The largest absolute Gasteiger partial charge is 0.461 e. The Morgan fingerprint density at radius 2 is 1.82 bits per heavy atom. The second-order valence-corrected chi connectivity index (χ2v) is 6.46. The number of carbonyl (C=O) groups is 3. The zero-order valence-electron chi connectivity index (χ0n) is 13.8. The molecule has 0 radical (unpaired) electrons. The van der Waals surface area contributed by atoms with Crippen molar-refractivity contribution in [1.29, 1.82) is 5.41 Å². The van der Waals surface area contributed by atoms with Crippen molar-refractivity contribution < 1.29 is 24.2 Å².